The average Bonchev–Trinajstić information content (AvgIpc) is 2.60. The minimum atomic E-state index is -0.170. The lowest BCUT2D eigenvalue weighted by Gasteiger charge is -2.55. The molecule has 5 rings (SSSR count). The van der Waals surface area contributed by atoms with Crippen LogP contribution < -0.4 is 10.6 Å². The highest BCUT2D eigenvalue weighted by molar-refractivity contribution is 5.88. The molecule has 0 atom stereocenters. The van der Waals surface area contributed by atoms with Crippen LogP contribution in [0.3, 0.4) is 0 Å². The van der Waals surface area contributed by atoms with E-state index in [1.54, 1.807) is 0 Å². The maximum atomic E-state index is 12.8. The highest BCUT2D eigenvalue weighted by Gasteiger charge is 2.54. The first-order chi connectivity index (χ1) is 12.5. The second-order valence-electron chi connectivity index (χ2n) is 8.91. The number of hydrogen-bond acceptors (Lipinski definition) is 2. The summed E-state index contributed by atoms with van der Waals surface area (Å²) < 4.78 is 0. The van der Waals surface area contributed by atoms with Gasteiger partial charge < -0.3 is 10.6 Å². The topological polar surface area (TPSA) is 58.2 Å². The third-order valence-electron chi connectivity index (χ3n) is 6.91. The van der Waals surface area contributed by atoms with Gasteiger partial charge in [0.2, 0.25) is 11.8 Å². The Kier molecular flexibility index (Phi) is 4.76. The molecule has 4 fully saturated rings. The molecule has 140 valence electrons. The number of carbonyl (C=O) groups excluding carboxylic acids is 2. The molecule has 0 aliphatic heterocycles. The standard InChI is InChI=1S/C22H30N2O2/c1-15-4-2-3-5-19(15)6-7-23-20(25)14-24-21(26)22-11-16-8-17(12-22)10-18(9-16)13-22/h2-5,16-18H,6-14H2,1H3,(H,23,25)(H,24,26). The first-order valence-electron chi connectivity index (χ1n) is 10.1. The van der Waals surface area contributed by atoms with Gasteiger partial charge in [-0.25, -0.2) is 0 Å². The van der Waals surface area contributed by atoms with Crippen molar-refractivity contribution in [2.75, 3.05) is 13.1 Å². The van der Waals surface area contributed by atoms with Gasteiger partial charge in [-0.1, -0.05) is 24.3 Å². The molecule has 4 heteroatoms. The maximum Gasteiger partial charge on any atom is 0.239 e. The molecule has 1 aromatic rings. The normalized spacial score (nSPS) is 31.7. The van der Waals surface area contributed by atoms with Crippen LogP contribution in [-0.4, -0.2) is 24.9 Å². The van der Waals surface area contributed by atoms with Crippen LogP contribution in [0.4, 0.5) is 0 Å². The quantitative estimate of drug-likeness (QED) is 0.825. The van der Waals surface area contributed by atoms with Crippen molar-refractivity contribution in [2.45, 2.75) is 51.9 Å². The van der Waals surface area contributed by atoms with Gasteiger partial charge in [0.15, 0.2) is 0 Å². The smallest absolute Gasteiger partial charge is 0.239 e. The van der Waals surface area contributed by atoms with Gasteiger partial charge in [0.05, 0.1) is 6.54 Å². The lowest BCUT2D eigenvalue weighted by molar-refractivity contribution is -0.147. The van der Waals surface area contributed by atoms with Crippen LogP contribution in [0.1, 0.15) is 49.7 Å². The van der Waals surface area contributed by atoms with Gasteiger partial charge in [0.25, 0.3) is 0 Å². The highest BCUT2D eigenvalue weighted by atomic mass is 16.2. The Morgan fingerprint density at radius 2 is 1.62 bits per heavy atom. The van der Waals surface area contributed by atoms with E-state index in [-0.39, 0.29) is 23.8 Å². The van der Waals surface area contributed by atoms with E-state index in [9.17, 15) is 9.59 Å². The molecule has 4 nitrogen and oxygen atoms in total. The van der Waals surface area contributed by atoms with E-state index in [0.717, 1.165) is 43.4 Å². The Morgan fingerprint density at radius 1 is 1.00 bits per heavy atom. The van der Waals surface area contributed by atoms with Crippen molar-refractivity contribution in [1.82, 2.24) is 10.6 Å². The Hall–Kier alpha value is -1.84. The van der Waals surface area contributed by atoms with Crippen molar-refractivity contribution in [1.29, 1.82) is 0 Å². The SMILES string of the molecule is Cc1ccccc1CCNC(=O)CNC(=O)C12CC3CC(CC(C3)C1)C2. The molecule has 26 heavy (non-hydrogen) atoms. The second-order valence-corrected chi connectivity index (χ2v) is 8.91. The monoisotopic (exact) mass is 354 g/mol. The zero-order chi connectivity index (χ0) is 18.1. The van der Waals surface area contributed by atoms with Gasteiger partial charge >= 0.3 is 0 Å². The average molecular weight is 354 g/mol. The first-order valence-corrected chi connectivity index (χ1v) is 10.1. The third-order valence-corrected chi connectivity index (χ3v) is 6.91. The largest absolute Gasteiger partial charge is 0.354 e. The molecular formula is C22H30N2O2. The van der Waals surface area contributed by atoms with Crippen molar-refractivity contribution >= 4 is 11.8 Å². The van der Waals surface area contributed by atoms with E-state index in [0.29, 0.717) is 6.54 Å². The molecule has 4 aliphatic carbocycles. The summed E-state index contributed by atoms with van der Waals surface area (Å²) in [6.45, 7) is 2.80. The van der Waals surface area contributed by atoms with Crippen molar-refractivity contribution < 1.29 is 9.59 Å². The molecule has 4 bridgehead atoms. The summed E-state index contributed by atoms with van der Waals surface area (Å²) in [5, 5.41) is 5.88. The fraction of sp³-hybridized carbons (Fsp3) is 0.636. The van der Waals surface area contributed by atoms with Gasteiger partial charge in [-0.2, -0.15) is 0 Å². The molecule has 0 aromatic heterocycles. The molecule has 4 aliphatic rings. The van der Waals surface area contributed by atoms with Crippen LogP contribution in [0.2, 0.25) is 0 Å². The molecule has 2 amide bonds. The number of benzene rings is 1. The molecule has 0 spiro atoms. The molecule has 0 unspecified atom stereocenters. The van der Waals surface area contributed by atoms with Crippen molar-refractivity contribution in [2.24, 2.45) is 23.2 Å². The molecule has 4 saturated carbocycles. The van der Waals surface area contributed by atoms with Crippen molar-refractivity contribution in [3.63, 3.8) is 0 Å². The van der Waals surface area contributed by atoms with Crippen LogP contribution in [0.5, 0.6) is 0 Å². The molecule has 0 heterocycles. The van der Waals surface area contributed by atoms with Crippen LogP contribution in [0.25, 0.3) is 0 Å². The molecule has 2 N–H and O–H groups in total. The molecular weight excluding hydrogens is 324 g/mol. The summed E-state index contributed by atoms with van der Waals surface area (Å²) in [6.07, 6.45) is 7.92. The van der Waals surface area contributed by atoms with Crippen molar-refractivity contribution in [3.8, 4) is 0 Å². The number of amides is 2. The summed E-state index contributed by atoms with van der Waals surface area (Å²) in [4.78, 5) is 25.0. The van der Waals surface area contributed by atoms with Crippen LogP contribution in [0, 0.1) is 30.1 Å². The van der Waals surface area contributed by atoms with Gasteiger partial charge in [-0.05, 0) is 80.8 Å². The lowest BCUT2D eigenvalue weighted by Crippen LogP contribution is -2.54. The van der Waals surface area contributed by atoms with E-state index in [1.165, 1.54) is 30.4 Å². The van der Waals surface area contributed by atoms with Gasteiger partial charge in [-0.3, -0.25) is 9.59 Å². The fourth-order valence-corrected chi connectivity index (χ4v) is 6.03. The Balaban J connectivity index is 1.23. The first kappa shape index (κ1) is 17.6. The highest BCUT2D eigenvalue weighted by Crippen LogP contribution is 2.60. The molecule has 0 radical (unpaired) electrons. The second kappa shape index (κ2) is 7.05. The number of hydrogen-bond donors (Lipinski definition) is 2. The minimum Gasteiger partial charge on any atom is -0.354 e. The third kappa shape index (κ3) is 3.51. The van der Waals surface area contributed by atoms with Gasteiger partial charge in [-0.15, -0.1) is 0 Å². The number of nitrogens with one attached hydrogen (secondary N) is 2. The van der Waals surface area contributed by atoms with Crippen LogP contribution in [0.15, 0.2) is 24.3 Å². The van der Waals surface area contributed by atoms with E-state index >= 15 is 0 Å². The van der Waals surface area contributed by atoms with Gasteiger partial charge in [0, 0.05) is 12.0 Å². The zero-order valence-electron chi connectivity index (χ0n) is 15.7. The minimum absolute atomic E-state index is 0.0864. The predicted molar refractivity (Wildman–Crippen MR) is 102 cm³/mol. The maximum absolute atomic E-state index is 12.8. The summed E-state index contributed by atoms with van der Waals surface area (Å²) in [5.74, 6) is 2.28. The summed E-state index contributed by atoms with van der Waals surface area (Å²) in [6, 6.07) is 8.23. The van der Waals surface area contributed by atoms with Gasteiger partial charge in [0.1, 0.15) is 0 Å². The number of aryl methyl sites for hydroxylation is 1. The summed E-state index contributed by atoms with van der Waals surface area (Å²) in [5.41, 5.74) is 2.33. The van der Waals surface area contributed by atoms with Crippen molar-refractivity contribution in [3.05, 3.63) is 35.4 Å². The van der Waals surface area contributed by atoms with E-state index < -0.39 is 0 Å². The molecule has 0 saturated heterocycles. The van der Waals surface area contributed by atoms with E-state index in [2.05, 4.69) is 29.7 Å². The summed E-state index contributed by atoms with van der Waals surface area (Å²) in [7, 11) is 0. The number of rotatable bonds is 6. The van der Waals surface area contributed by atoms with E-state index in [4.69, 9.17) is 0 Å². The lowest BCUT2D eigenvalue weighted by atomic mass is 9.49. The predicted octanol–water partition coefficient (Wildman–Crippen LogP) is 2.99. The Bertz CT molecular complexity index is 662. The fourth-order valence-electron chi connectivity index (χ4n) is 6.03. The van der Waals surface area contributed by atoms with E-state index in [1.807, 2.05) is 12.1 Å². The zero-order valence-corrected chi connectivity index (χ0v) is 15.7. The van der Waals surface area contributed by atoms with Crippen LogP contribution >= 0.6 is 0 Å². The Morgan fingerprint density at radius 3 is 2.23 bits per heavy atom. The number of carbonyl (C=O) groups is 2. The van der Waals surface area contributed by atoms with Crippen LogP contribution in [-0.2, 0) is 16.0 Å². The summed E-state index contributed by atoms with van der Waals surface area (Å²) >= 11 is 0. The Labute approximate surface area is 156 Å². The molecule has 1 aromatic carbocycles.